The predicted molar refractivity (Wildman–Crippen MR) is 158 cm³/mol. The van der Waals surface area contributed by atoms with Crippen LogP contribution in [0.3, 0.4) is 0 Å². The maximum atomic E-state index is 13.7. The molecule has 4 rings (SSSR count). The van der Waals surface area contributed by atoms with Crippen molar-refractivity contribution in [1.29, 1.82) is 0 Å². The van der Waals surface area contributed by atoms with Gasteiger partial charge in [0.15, 0.2) is 5.13 Å². The summed E-state index contributed by atoms with van der Waals surface area (Å²) in [6, 6.07) is 11.9. The van der Waals surface area contributed by atoms with E-state index in [0.29, 0.717) is 42.7 Å². The molecule has 1 aromatic heterocycles. The average Bonchev–Trinajstić information content (AvgIpc) is 3.57. The maximum absolute atomic E-state index is 13.7. The fourth-order valence-electron chi connectivity index (χ4n) is 4.41. The number of para-hydroxylation sites is 1. The summed E-state index contributed by atoms with van der Waals surface area (Å²) in [5.74, 6) is 0.465. The molecule has 1 aliphatic rings. The van der Waals surface area contributed by atoms with Crippen LogP contribution in [0.2, 0.25) is 0 Å². The van der Waals surface area contributed by atoms with Crippen LogP contribution in [0.15, 0.2) is 47.4 Å². The van der Waals surface area contributed by atoms with Crippen LogP contribution in [0, 0.1) is 0 Å². The van der Waals surface area contributed by atoms with Crippen molar-refractivity contribution in [2.45, 2.75) is 37.2 Å². The van der Waals surface area contributed by atoms with Gasteiger partial charge >= 0.3 is 0 Å². The number of benzene rings is 2. The van der Waals surface area contributed by atoms with Gasteiger partial charge in [-0.15, -0.1) is 12.4 Å². The van der Waals surface area contributed by atoms with Crippen LogP contribution >= 0.6 is 23.7 Å². The summed E-state index contributed by atoms with van der Waals surface area (Å²) in [5, 5.41) is 0.587. The van der Waals surface area contributed by atoms with Crippen LogP contribution in [-0.2, 0) is 14.8 Å². The van der Waals surface area contributed by atoms with E-state index >= 15 is 0 Å². The molecule has 1 aliphatic heterocycles. The Balaban J connectivity index is 0.00000420. The Morgan fingerprint density at radius 3 is 2.51 bits per heavy atom. The summed E-state index contributed by atoms with van der Waals surface area (Å²) in [7, 11) is 1.85. The van der Waals surface area contributed by atoms with Crippen molar-refractivity contribution in [1.82, 2.24) is 14.2 Å². The molecule has 9 nitrogen and oxygen atoms in total. The number of anilines is 1. The standard InChI is InChI=1S/C27H36N4O5S2.ClH/c1-5-35-23-10-6-11-24-25(23)28-27(37-24)31(17-8-16-29(2)3)26(32)20-12-14-22(15-13-20)38(33,34)30(4)19-21-9-7-18-36-21;/h6,10-15,21H,5,7-9,16-19H2,1-4H3;1H. The fraction of sp³-hybridized carbons (Fsp3) is 0.481. The highest BCUT2D eigenvalue weighted by atomic mass is 35.5. The third kappa shape index (κ3) is 7.47. The number of sulfonamides is 1. The van der Waals surface area contributed by atoms with Crippen molar-refractivity contribution in [3.8, 4) is 5.75 Å². The number of hydrogen-bond acceptors (Lipinski definition) is 8. The Labute approximate surface area is 241 Å². The molecule has 0 bridgehead atoms. The number of hydrogen-bond donors (Lipinski definition) is 0. The number of carbonyl (C=O) groups excluding carboxylic acids is 1. The van der Waals surface area contributed by atoms with Crippen LogP contribution in [0.5, 0.6) is 5.75 Å². The minimum atomic E-state index is -3.69. The Hall–Kier alpha value is -2.28. The summed E-state index contributed by atoms with van der Waals surface area (Å²) in [4.78, 5) is 22.4. The predicted octanol–water partition coefficient (Wildman–Crippen LogP) is 4.51. The number of thiazole rings is 1. The Kier molecular flexibility index (Phi) is 11.1. The van der Waals surface area contributed by atoms with Crippen molar-refractivity contribution in [2.24, 2.45) is 0 Å². The highest BCUT2D eigenvalue weighted by Gasteiger charge is 2.27. The van der Waals surface area contributed by atoms with Gasteiger partial charge in [-0.3, -0.25) is 9.69 Å². The van der Waals surface area contributed by atoms with E-state index < -0.39 is 10.0 Å². The number of fused-ring (bicyclic) bond motifs is 1. The molecule has 3 aromatic rings. The number of ether oxygens (including phenoxy) is 2. The minimum absolute atomic E-state index is 0. The monoisotopic (exact) mass is 596 g/mol. The lowest BCUT2D eigenvalue weighted by Crippen LogP contribution is -2.34. The molecule has 1 atom stereocenters. The molecule has 1 amide bonds. The highest BCUT2D eigenvalue weighted by molar-refractivity contribution is 7.89. The Bertz CT molecular complexity index is 1340. The zero-order valence-corrected chi connectivity index (χ0v) is 25.3. The van der Waals surface area contributed by atoms with E-state index in [9.17, 15) is 13.2 Å². The molecule has 12 heteroatoms. The molecular formula is C27H37ClN4O5S2. The van der Waals surface area contributed by atoms with Gasteiger partial charge in [-0.1, -0.05) is 17.4 Å². The first-order valence-corrected chi connectivity index (χ1v) is 15.1. The van der Waals surface area contributed by atoms with E-state index in [1.54, 1.807) is 24.1 Å². The van der Waals surface area contributed by atoms with Gasteiger partial charge in [0.2, 0.25) is 10.0 Å². The number of rotatable bonds is 12. The quantitative estimate of drug-likeness (QED) is 0.304. The normalized spacial score (nSPS) is 15.6. The third-order valence-corrected chi connectivity index (χ3v) is 9.31. The Morgan fingerprint density at radius 1 is 1.13 bits per heavy atom. The average molecular weight is 597 g/mol. The number of nitrogens with zero attached hydrogens (tertiary/aromatic N) is 4. The van der Waals surface area contributed by atoms with E-state index in [0.717, 1.165) is 36.0 Å². The molecule has 0 radical (unpaired) electrons. The summed E-state index contributed by atoms with van der Waals surface area (Å²) in [5.41, 5.74) is 1.13. The molecule has 1 saturated heterocycles. The molecular weight excluding hydrogens is 560 g/mol. The molecule has 0 spiro atoms. The van der Waals surface area contributed by atoms with Crippen LogP contribution in [0.4, 0.5) is 5.13 Å². The molecule has 2 heterocycles. The number of aromatic nitrogens is 1. The topological polar surface area (TPSA) is 92.3 Å². The van der Waals surface area contributed by atoms with Gasteiger partial charge in [-0.05, 0) is 83.2 Å². The van der Waals surface area contributed by atoms with Gasteiger partial charge in [0, 0.05) is 32.3 Å². The first-order valence-electron chi connectivity index (χ1n) is 12.9. The summed E-state index contributed by atoms with van der Waals surface area (Å²) in [6.07, 6.45) is 2.48. The molecule has 0 aliphatic carbocycles. The number of amides is 1. The van der Waals surface area contributed by atoms with Crippen molar-refractivity contribution in [2.75, 3.05) is 58.9 Å². The van der Waals surface area contributed by atoms with E-state index in [1.165, 1.54) is 27.8 Å². The molecule has 214 valence electrons. The second-order valence-electron chi connectivity index (χ2n) is 9.59. The molecule has 2 aromatic carbocycles. The number of likely N-dealkylation sites (N-methyl/N-ethyl adjacent to an activating group) is 1. The van der Waals surface area contributed by atoms with Crippen molar-refractivity contribution >= 4 is 55.0 Å². The van der Waals surface area contributed by atoms with Crippen molar-refractivity contribution < 1.29 is 22.7 Å². The SMILES string of the molecule is CCOc1cccc2sc(N(CCCN(C)C)C(=O)c3ccc(S(=O)(=O)N(C)CC4CCCO4)cc3)nc12.Cl. The summed E-state index contributed by atoms with van der Waals surface area (Å²) in [6.45, 7) is 4.72. The number of carbonyl (C=O) groups is 1. The summed E-state index contributed by atoms with van der Waals surface area (Å²) >= 11 is 1.44. The lowest BCUT2D eigenvalue weighted by atomic mass is 10.2. The van der Waals surface area contributed by atoms with E-state index in [4.69, 9.17) is 14.5 Å². The second-order valence-corrected chi connectivity index (χ2v) is 12.6. The van der Waals surface area contributed by atoms with Gasteiger partial charge in [-0.25, -0.2) is 13.4 Å². The highest BCUT2D eigenvalue weighted by Crippen LogP contribution is 2.35. The largest absolute Gasteiger partial charge is 0.492 e. The maximum Gasteiger partial charge on any atom is 0.260 e. The van der Waals surface area contributed by atoms with Gasteiger partial charge in [0.25, 0.3) is 5.91 Å². The first-order chi connectivity index (χ1) is 18.2. The molecule has 1 unspecified atom stereocenters. The van der Waals surface area contributed by atoms with Crippen LogP contribution < -0.4 is 9.64 Å². The first kappa shape index (κ1) is 31.3. The molecule has 1 fully saturated rings. The fourth-order valence-corrected chi connectivity index (χ4v) is 6.62. The number of halogens is 1. The zero-order valence-electron chi connectivity index (χ0n) is 22.8. The van der Waals surface area contributed by atoms with E-state index in [2.05, 4.69) is 4.90 Å². The lowest BCUT2D eigenvalue weighted by Gasteiger charge is -2.22. The third-order valence-electron chi connectivity index (χ3n) is 6.43. The molecule has 39 heavy (non-hydrogen) atoms. The van der Waals surface area contributed by atoms with Crippen molar-refractivity contribution in [3.05, 3.63) is 48.0 Å². The zero-order chi connectivity index (χ0) is 27.3. The minimum Gasteiger partial charge on any atom is -0.492 e. The molecule has 0 N–H and O–H groups in total. The smallest absolute Gasteiger partial charge is 0.260 e. The summed E-state index contributed by atoms with van der Waals surface area (Å²) < 4.78 is 39.8. The molecule has 0 saturated carbocycles. The van der Waals surface area contributed by atoms with Gasteiger partial charge < -0.3 is 14.4 Å². The van der Waals surface area contributed by atoms with Crippen molar-refractivity contribution in [3.63, 3.8) is 0 Å². The Morgan fingerprint density at radius 2 is 1.87 bits per heavy atom. The van der Waals surface area contributed by atoms with E-state index in [-0.39, 0.29) is 29.3 Å². The van der Waals surface area contributed by atoms with Crippen LogP contribution in [0.1, 0.15) is 36.5 Å². The second kappa shape index (κ2) is 13.9. The van der Waals surface area contributed by atoms with Gasteiger partial charge in [-0.2, -0.15) is 4.31 Å². The van der Waals surface area contributed by atoms with Gasteiger partial charge in [0.1, 0.15) is 11.3 Å². The van der Waals surface area contributed by atoms with Crippen LogP contribution in [0.25, 0.3) is 10.2 Å². The van der Waals surface area contributed by atoms with Gasteiger partial charge in [0.05, 0.1) is 22.3 Å². The lowest BCUT2D eigenvalue weighted by molar-refractivity contribution is 0.0978. The van der Waals surface area contributed by atoms with Crippen LogP contribution in [-0.4, -0.2) is 88.6 Å². The van der Waals surface area contributed by atoms with E-state index in [1.807, 2.05) is 39.2 Å².